The summed E-state index contributed by atoms with van der Waals surface area (Å²) in [6.07, 6.45) is 10.5. The second-order valence-electron chi connectivity index (χ2n) is 12.4. The number of rotatable bonds is 47. The van der Waals surface area contributed by atoms with E-state index in [9.17, 15) is 0 Å². The fraction of sp³-hybridized carbons (Fsp3) is 0.854. The van der Waals surface area contributed by atoms with Crippen LogP contribution in [0, 0.1) is 0 Å². The van der Waals surface area contributed by atoms with Crippen LogP contribution in [0.2, 0.25) is 0 Å². The lowest BCUT2D eigenvalue weighted by atomic mass is 10.0. The minimum Gasteiger partial charge on any atom is -0.491 e. The van der Waals surface area contributed by atoms with Gasteiger partial charge in [-0.3, -0.25) is 0 Å². The molecule has 0 aliphatic rings. The summed E-state index contributed by atoms with van der Waals surface area (Å²) in [4.78, 5) is 0. The third kappa shape index (κ3) is 40.8. The summed E-state index contributed by atoms with van der Waals surface area (Å²) in [5, 5.41) is 0. The molecule has 13 nitrogen and oxygen atoms in total. The van der Waals surface area contributed by atoms with Crippen molar-refractivity contribution in [3.63, 3.8) is 0 Å². The summed E-state index contributed by atoms with van der Waals surface area (Å²) in [6.45, 7) is 15.2. The van der Waals surface area contributed by atoms with Gasteiger partial charge in [-0.2, -0.15) is 0 Å². The maximum Gasteiger partial charge on any atom is 0.119 e. The zero-order valence-electron chi connectivity index (χ0n) is 34.0. The SMILES string of the molecule is CCCCCCCCCc1ccc(OCCOCCOCCOCCOCCOCCOCCOCCOCCOCCOCCOCCOCCCl)cc1. The molecule has 14 heteroatoms. The Morgan fingerprint density at radius 1 is 0.327 bits per heavy atom. The number of ether oxygens (including phenoxy) is 13. The van der Waals surface area contributed by atoms with Gasteiger partial charge >= 0.3 is 0 Å². The fourth-order valence-electron chi connectivity index (χ4n) is 4.83. The number of aryl methyl sites for hydroxylation is 1. The van der Waals surface area contributed by atoms with Gasteiger partial charge in [-0.25, -0.2) is 0 Å². The lowest BCUT2D eigenvalue weighted by molar-refractivity contribution is -0.0284. The summed E-state index contributed by atoms with van der Waals surface area (Å²) >= 11 is 5.52. The Hall–Kier alpha value is -1.17. The van der Waals surface area contributed by atoms with Crippen LogP contribution < -0.4 is 4.74 Å². The van der Waals surface area contributed by atoms with Crippen LogP contribution in [0.25, 0.3) is 0 Å². The topological polar surface area (TPSA) is 120 Å². The van der Waals surface area contributed by atoms with Crippen molar-refractivity contribution < 1.29 is 61.6 Å². The monoisotopic (exact) mass is 810 g/mol. The maximum atomic E-state index is 5.79. The summed E-state index contributed by atoms with van der Waals surface area (Å²) in [6, 6.07) is 8.45. The molecule has 0 aliphatic heterocycles. The molecule has 0 aromatic heterocycles. The number of alkyl halides is 1. The molecule has 0 fully saturated rings. The Kier molecular flexibility index (Phi) is 42.9. The van der Waals surface area contributed by atoms with Gasteiger partial charge in [0.2, 0.25) is 0 Å². The Bertz CT molecular complexity index is 856. The smallest absolute Gasteiger partial charge is 0.119 e. The van der Waals surface area contributed by atoms with Gasteiger partial charge < -0.3 is 61.6 Å². The van der Waals surface area contributed by atoms with E-state index in [0.29, 0.717) is 171 Å². The number of benzene rings is 1. The van der Waals surface area contributed by atoms with Crippen molar-refractivity contribution in [2.24, 2.45) is 0 Å². The summed E-state index contributed by atoms with van der Waals surface area (Å²) in [5.41, 5.74) is 1.38. The van der Waals surface area contributed by atoms with Crippen LogP contribution >= 0.6 is 11.6 Å². The predicted octanol–water partition coefficient (Wildman–Crippen LogP) is 5.80. The molecule has 324 valence electrons. The molecule has 0 spiro atoms. The highest BCUT2D eigenvalue weighted by molar-refractivity contribution is 6.17. The van der Waals surface area contributed by atoms with E-state index in [1.54, 1.807) is 0 Å². The standard InChI is InChI=1S/C41H75ClO13/c1-2-3-4-5-6-7-8-9-40-10-12-41(13-11-40)55-39-38-54-37-36-53-35-34-52-33-32-51-31-30-50-29-28-49-27-26-48-25-24-47-23-22-46-21-20-45-19-18-44-17-16-43-15-14-42/h10-13H,2-9,14-39H2,1H3. The molecule has 0 heterocycles. The van der Waals surface area contributed by atoms with Gasteiger partial charge in [0, 0.05) is 5.88 Å². The number of hydrogen-bond acceptors (Lipinski definition) is 13. The van der Waals surface area contributed by atoms with Crippen LogP contribution in [0.15, 0.2) is 24.3 Å². The molecule has 0 unspecified atom stereocenters. The highest BCUT2D eigenvalue weighted by atomic mass is 35.5. The van der Waals surface area contributed by atoms with Crippen molar-refractivity contribution in [3.05, 3.63) is 29.8 Å². The lowest BCUT2D eigenvalue weighted by Crippen LogP contribution is -2.15. The van der Waals surface area contributed by atoms with Crippen molar-refractivity contribution >= 4 is 11.6 Å². The van der Waals surface area contributed by atoms with Gasteiger partial charge in [-0.1, -0.05) is 57.6 Å². The molecule has 0 bridgehead atoms. The largest absolute Gasteiger partial charge is 0.491 e. The average Bonchev–Trinajstić information content (AvgIpc) is 3.20. The molecular weight excluding hydrogens is 736 g/mol. The molecule has 0 amide bonds. The molecule has 1 aromatic carbocycles. The number of unbranched alkanes of at least 4 members (excludes halogenated alkanes) is 6. The van der Waals surface area contributed by atoms with Crippen molar-refractivity contribution in [2.75, 3.05) is 171 Å². The molecule has 0 atom stereocenters. The van der Waals surface area contributed by atoms with Crippen molar-refractivity contribution in [1.82, 2.24) is 0 Å². The van der Waals surface area contributed by atoms with Crippen molar-refractivity contribution in [1.29, 1.82) is 0 Å². The van der Waals surface area contributed by atoms with E-state index in [2.05, 4.69) is 31.2 Å². The molecule has 0 saturated heterocycles. The zero-order valence-corrected chi connectivity index (χ0v) is 34.8. The minimum absolute atomic E-state index is 0.497. The normalized spacial score (nSPS) is 11.5. The fourth-order valence-corrected chi connectivity index (χ4v) is 4.94. The minimum atomic E-state index is 0.497. The molecule has 0 radical (unpaired) electrons. The van der Waals surface area contributed by atoms with E-state index in [1.165, 1.54) is 50.5 Å². The number of halogens is 1. The van der Waals surface area contributed by atoms with E-state index in [1.807, 2.05) is 0 Å². The molecule has 1 rings (SSSR count). The van der Waals surface area contributed by atoms with Gasteiger partial charge in [-0.15, -0.1) is 11.6 Å². The highest BCUT2D eigenvalue weighted by Crippen LogP contribution is 2.15. The van der Waals surface area contributed by atoms with Gasteiger partial charge in [0.05, 0.1) is 159 Å². The number of hydrogen-bond donors (Lipinski definition) is 0. The third-order valence-corrected chi connectivity index (χ3v) is 7.96. The van der Waals surface area contributed by atoms with E-state index < -0.39 is 0 Å². The maximum absolute atomic E-state index is 5.79. The first-order valence-electron chi connectivity index (χ1n) is 20.6. The summed E-state index contributed by atoms with van der Waals surface area (Å²) < 4.78 is 71.5. The zero-order chi connectivity index (χ0) is 39.2. The predicted molar refractivity (Wildman–Crippen MR) is 214 cm³/mol. The first kappa shape index (κ1) is 51.8. The lowest BCUT2D eigenvalue weighted by Gasteiger charge is -2.09. The first-order chi connectivity index (χ1) is 27.4. The van der Waals surface area contributed by atoms with E-state index in [4.69, 9.17) is 73.2 Å². The van der Waals surface area contributed by atoms with Gasteiger partial charge in [0.25, 0.3) is 0 Å². The Morgan fingerprint density at radius 3 is 0.909 bits per heavy atom. The van der Waals surface area contributed by atoms with Crippen LogP contribution in [0.5, 0.6) is 5.75 Å². The highest BCUT2D eigenvalue weighted by Gasteiger charge is 2.00. The van der Waals surface area contributed by atoms with E-state index in [-0.39, 0.29) is 0 Å². The molecular formula is C41H75ClO13. The van der Waals surface area contributed by atoms with Crippen molar-refractivity contribution in [3.8, 4) is 5.75 Å². The molecule has 55 heavy (non-hydrogen) atoms. The molecule has 0 saturated carbocycles. The molecule has 0 N–H and O–H groups in total. The van der Waals surface area contributed by atoms with Crippen LogP contribution in [-0.4, -0.2) is 171 Å². The molecule has 1 aromatic rings. The summed E-state index contributed by atoms with van der Waals surface area (Å²) in [7, 11) is 0. The van der Waals surface area contributed by atoms with Crippen LogP contribution in [0.1, 0.15) is 57.4 Å². The van der Waals surface area contributed by atoms with Crippen LogP contribution in [0.4, 0.5) is 0 Å². The van der Waals surface area contributed by atoms with Crippen LogP contribution in [0.3, 0.4) is 0 Å². The van der Waals surface area contributed by atoms with Gasteiger partial charge in [0.15, 0.2) is 0 Å². The van der Waals surface area contributed by atoms with Crippen molar-refractivity contribution in [2.45, 2.75) is 58.3 Å². The van der Waals surface area contributed by atoms with Gasteiger partial charge in [0.1, 0.15) is 12.4 Å². The Morgan fingerprint density at radius 2 is 0.600 bits per heavy atom. The Balaban J connectivity index is 1.67. The first-order valence-corrected chi connectivity index (χ1v) is 21.1. The summed E-state index contributed by atoms with van der Waals surface area (Å²) in [5.74, 6) is 1.38. The van der Waals surface area contributed by atoms with Gasteiger partial charge in [-0.05, 0) is 30.5 Å². The van der Waals surface area contributed by atoms with E-state index >= 15 is 0 Å². The Labute approximate surface area is 337 Å². The van der Waals surface area contributed by atoms with Crippen LogP contribution in [-0.2, 0) is 63.3 Å². The second kappa shape index (κ2) is 45.5. The average molecular weight is 811 g/mol. The quantitative estimate of drug-likeness (QED) is 0.0584. The molecule has 0 aliphatic carbocycles. The third-order valence-electron chi connectivity index (χ3n) is 7.80. The van der Waals surface area contributed by atoms with E-state index in [0.717, 1.165) is 12.2 Å². The second-order valence-corrected chi connectivity index (χ2v) is 12.8.